The lowest BCUT2D eigenvalue weighted by molar-refractivity contribution is -0.870. The maximum Gasteiger partial charge on any atom is 0.472 e. The number of aliphatic hydroxyl groups excluding tert-OH is 1. The summed E-state index contributed by atoms with van der Waals surface area (Å²) in [6.07, 6.45) is 30.9. The molecule has 0 heterocycles. The molecule has 45 heavy (non-hydrogen) atoms. The number of nitrogens with zero attached hydrogens (tertiary/aromatic N) is 1. The van der Waals surface area contributed by atoms with E-state index in [4.69, 9.17) is 9.05 Å². The molecule has 0 aromatic heterocycles. The second-order valence-electron chi connectivity index (χ2n) is 13.6. The molecule has 0 fully saturated rings. The van der Waals surface area contributed by atoms with Crippen LogP contribution in [0.1, 0.15) is 149 Å². The van der Waals surface area contributed by atoms with Crippen LogP contribution in [0.3, 0.4) is 0 Å². The van der Waals surface area contributed by atoms with Crippen molar-refractivity contribution in [1.29, 1.82) is 0 Å². The lowest BCUT2D eigenvalue weighted by Crippen LogP contribution is -2.45. The van der Waals surface area contributed by atoms with Gasteiger partial charge in [0.05, 0.1) is 39.9 Å². The number of carbonyl (C=O) groups is 1. The zero-order valence-corrected chi connectivity index (χ0v) is 30.8. The topological polar surface area (TPSA) is 105 Å². The third-order valence-corrected chi connectivity index (χ3v) is 8.90. The highest BCUT2D eigenvalue weighted by Gasteiger charge is 2.27. The van der Waals surface area contributed by atoms with Gasteiger partial charge in [-0.15, -0.1) is 0 Å². The molecule has 0 radical (unpaired) electrons. The number of aliphatic hydroxyl groups is 1. The molecule has 0 saturated heterocycles. The van der Waals surface area contributed by atoms with E-state index < -0.39 is 20.0 Å². The van der Waals surface area contributed by atoms with E-state index in [2.05, 4.69) is 31.3 Å². The van der Waals surface area contributed by atoms with Crippen molar-refractivity contribution >= 4 is 13.7 Å². The largest absolute Gasteiger partial charge is 0.472 e. The van der Waals surface area contributed by atoms with Gasteiger partial charge in [-0.1, -0.05) is 122 Å². The van der Waals surface area contributed by atoms with E-state index in [-0.39, 0.29) is 19.1 Å². The van der Waals surface area contributed by atoms with Crippen LogP contribution in [-0.4, -0.2) is 73.4 Å². The number of carbonyl (C=O) groups excluding carboxylic acids is 1. The minimum atomic E-state index is -4.32. The molecule has 0 aromatic carbocycles. The minimum absolute atomic E-state index is 0.0603. The zero-order valence-electron chi connectivity index (χ0n) is 29.9. The van der Waals surface area contributed by atoms with Crippen molar-refractivity contribution in [3.63, 3.8) is 0 Å². The van der Waals surface area contributed by atoms with Crippen LogP contribution in [0, 0.1) is 0 Å². The first-order chi connectivity index (χ1) is 21.5. The quantitative estimate of drug-likeness (QED) is 0.0288. The third-order valence-electron chi connectivity index (χ3n) is 7.92. The average Bonchev–Trinajstić information content (AvgIpc) is 2.97. The normalized spacial score (nSPS) is 15.1. The number of unbranched alkanes of at least 4 members (excludes halogenated alkanes) is 17. The van der Waals surface area contributed by atoms with E-state index in [0.717, 1.165) is 51.4 Å². The predicted octanol–water partition coefficient (Wildman–Crippen LogP) is 9.02. The highest BCUT2D eigenvalue weighted by molar-refractivity contribution is 7.47. The molecule has 3 N–H and O–H groups in total. The number of phosphoric ester groups is 1. The molecule has 8 nitrogen and oxygen atoms in total. The van der Waals surface area contributed by atoms with Crippen molar-refractivity contribution < 1.29 is 32.9 Å². The predicted molar refractivity (Wildman–Crippen MR) is 189 cm³/mol. The molecular formula is C36H72N2O6P+. The van der Waals surface area contributed by atoms with Gasteiger partial charge < -0.3 is 19.8 Å². The Bertz CT molecular complexity index is 799. The Morgan fingerprint density at radius 1 is 0.733 bits per heavy atom. The fraction of sp³-hybridized carbons (Fsp3) is 0.861. The van der Waals surface area contributed by atoms with Crippen molar-refractivity contribution in [1.82, 2.24) is 5.32 Å². The smallest absolute Gasteiger partial charge is 0.387 e. The summed E-state index contributed by atoms with van der Waals surface area (Å²) in [7, 11) is 1.56. The molecular weight excluding hydrogens is 587 g/mol. The highest BCUT2D eigenvalue weighted by atomic mass is 31.2. The minimum Gasteiger partial charge on any atom is -0.387 e. The molecule has 0 aliphatic heterocycles. The van der Waals surface area contributed by atoms with Crippen molar-refractivity contribution in [2.75, 3.05) is 40.9 Å². The Hall–Kier alpha value is -1.02. The molecule has 1 amide bonds. The number of quaternary nitrogens is 1. The number of hydrogen-bond donors (Lipinski definition) is 3. The fourth-order valence-corrected chi connectivity index (χ4v) is 5.65. The van der Waals surface area contributed by atoms with Crippen LogP contribution < -0.4 is 5.32 Å². The van der Waals surface area contributed by atoms with Crippen molar-refractivity contribution in [3.05, 3.63) is 24.3 Å². The summed E-state index contributed by atoms with van der Waals surface area (Å²) in [5.74, 6) is -0.191. The maximum absolute atomic E-state index is 12.7. The van der Waals surface area contributed by atoms with E-state index in [1.165, 1.54) is 77.0 Å². The lowest BCUT2D eigenvalue weighted by atomic mass is 10.1. The molecule has 0 saturated carbocycles. The number of phosphoric acid groups is 1. The molecule has 0 aromatic rings. The monoisotopic (exact) mass is 660 g/mol. The summed E-state index contributed by atoms with van der Waals surface area (Å²) in [6, 6.07) is -0.844. The summed E-state index contributed by atoms with van der Waals surface area (Å²) in [5.41, 5.74) is 0. The number of nitrogens with one attached hydrogen (secondary N) is 1. The summed E-state index contributed by atoms with van der Waals surface area (Å²) >= 11 is 0. The number of allylic oxidation sites excluding steroid dienone is 3. The number of rotatable bonds is 32. The van der Waals surface area contributed by atoms with Gasteiger partial charge in [-0.3, -0.25) is 13.8 Å². The van der Waals surface area contributed by atoms with E-state index in [9.17, 15) is 19.4 Å². The molecule has 9 heteroatoms. The highest BCUT2D eigenvalue weighted by Crippen LogP contribution is 2.43. The maximum atomic E-state index is 12.7. The summed E-state index contributed by atoms with van der Waals surface area (Å²) < 4.78 is 23.4. The summed E-state index contributed by atoms with van der Waals surface area (Å²) in [5, 5.41) is 13.7. The number of hydrogen-bond acceptors (Lipinski definition) is 5. The van der Waals surface area contributed by atoms with Crippen LogP contribution in [0.5, 0.6) is 0 Å². The van der Waals surface area contributed by atoms with Crippen molar-refractivity contribution in [2.24, 2.45) is 0 Å². The molecule has 0 bridgehead atoms. The molecule has 3 atom stereocenters. The van der Waals surface area contributed by atoms with Crippen LogP contribution >= 0.6 is 7.82 Å². The van der Waals surface area contributed by atoms with E-state index in [1.54, 1.807) is 6.08 Å². The van der Waals surface area contributed by atoms with Crippen LogP contribution in [0.2, 0.25) is 0 Å². The Morgan fingerprint density at radius 3 is 1.76 bits per heavy atom. The van der Waals surface area contributed by atoms with Gasteiger partial charge in [-0.25, -0.2) is 4.57 Å². The lowest BCUT2D eigenvalue weighted by Gasteiger charge is -2.25. The van der Waals surface area contributed by atoms with Crippen molar-refractivity contribution in [3.8, 4) is 0 Å². The van der Waals surface area contributed by atoms with Gasteiger partial charge in [0.1, 0.15) is 13.2 Å². The van der Waals surface area contributed by atoms with E-state index in [0.29, 0.717) is 17.4 Å². The standard InChI is InChI=1S/C36H71N2O6P/c1-6-8-10-12-14-16-18-20-22-24-26-28-30-36(40)37-34(33-44-45(41,42)43-32-31-38(3,4)5)35(39)29-27-25-23-21-19-17-15-13-11-9-7-2/h14,16,27,29,34-35,39H,6-13,15,17-26,28,30-33H2,1-5H3,(H-,37,40,41,42)/p+1/b16-14-,29-27+. The molecule has 3 unspecified atom stereocenters. The molecule has 266 valence electrons. The van der Waals surface area contributed by atoms with E-state index >= 15 is 0 Å². The summed E-state index contributed by atoms with van der Waals surface area (Å²) in [6.45, 7) is 4.74. The second-order valence-corrected chi connectivity index (χ2v) is 15.0. The third kappa shape index (κ3) is 31.4. The van der Waals surface area contributed by atoms with Gasteiger partial charge >= 0.3 is 7.82 Å². The van der Waals surface area contributed by atoms with E-state index in [1.807, 2.05) is 27.2 Å². The van der Waals surface area contributed by atoms with Crippen molar-refractivity contribution in [2.45, 2.75) is 161 Å². The van der Waals surface area contributed by atoms with Gasteiger partial charge in [-0.2, -0.15) is 0 Å². The van der Waals surface area contributed by atoms with Crippen LogP contribution in [0.15, 0.2) is 24.3 Å². The first kappa shape index (κ1) is 44.0. The second kappa shape index (κ2) is 29.1. The van der Waals surface area contributed by atoms with Gasteiger partial charge in [-0.05, 0) is 44.9 Å². The molecule has 0 aliphatic carbocycles. The Kier molecular flexibility index (Phi) is 28.5. The Balaban J connectivity index is 4.60. The Labute approximate surface area is 277 Å². The van der Waals surface area contributed by atoms with Crippen LogP contribution in [-0.2, 0) is 18.4 Å². The Morgan fingerprint density at radius 2 is 1.20 bits per heavy atom. The SMILES string of the molecule is CCCCC/C=C\CCCCCCCC(=O)NC(COP(=O)(O)OCC[N+](C)(C)C)C(O)/C=C/CCCCCCCCCCC. The average molecular weight is 660 g/mol. The van der Waals surface area contributed by atoms with Crippen LogP contribution in [0.4, 0.5) is 0 Å². The fourth-order valence-electron chi connectivity index (χ4n) is 4.91. The number of amides is 1. The van der Waals surface area contributed by atoms with Crippen LogP contribution in [0.25, 0.3) is 0 Å². The van der Waals surface area contributed by atoms with Gasteiger partial charge in [0.25, 0.3) is 0 Å². The van der Waals surface area contributed by atoms with Gasteiger partial charge in [0.15, 0.2) is 0 Å². The van der Waals surface area contributed by atoms with Gasteiger partial charge in [0.2, 0.25) is 5.91 Å². The molecule has 0 rings (SSSR count). The first-order valence-electron chi connectivity index (χ1n) is 18.2. The molecule has 0 aliphatic rings. The first-order valence-corrected chi connectivity index (χ1v) is 19.7. The van der Waals surface area contributed by atoms with Gasteiger partial charge in [0, 0.05) is 6.42 Å². The summed E-state index contributed by atoms with van der Waals surface area (Å²) in [4.78, 5) is 22.9. The zero-order chi connectivity index (χ0) is 33.7. The molecule has 0 spiro atoms. The number of likely N-dealkylation sites (N-methyl/N-ethyl adjacent to an activating group) is 1.